The van der Waals surface area contributed by atoms with E-state index in [9.17, 15) is 13.2 Å². The number of anilines is 1. The number of dihydropyridines is 1. The first-order valence-electron chi connectivity index (χ1n) is 10.6. The Morgan fingerprint density at radius 1 is 1.27 bits per heavy atom. The molecular weight excluding hydrogens is 484 g/mol. The topological polar surface area (TPSA) is 84.9 Å². The Labute approximate surface area is 202 Å². The number of ether oxygens (including phenoxy) is 2. The van der Waals surface area contributed by atoms with Crippen LogP contribution in [0.15, 0.2) is 47.6 Å². The van der Waals surface area contributed by atoms with E-state index in [4.69, 9.17) is 21.1 Å². The van der Waals surface area contributed by atoms with Crippen LogP contribution in [0, 0.1) is 0 Å². The Kier molecular flexibility index (Phi) is 7.02. The van der Waals surface area contributed by atoms with Crippen molar-refractivity contribution in [3.05, 3.63) is 63.0 Å². The second-order valence-corrected chi connectivity index (χ2v) is 11.7. The van der Waals surface area contributed by atoms with Gasteiger partial charge in [-0.1, -0.05) is 24.6 Å². The summed E-state index contributed by atoms with van der Waals surface area (Å²) < 4.78 is 34.4. The summed E-state index contributed by atoms with van der Waals surface area (Å²) in [5.74, 6) is 1.18. The zero-order valence-corrected chi connectivity index (χ0v) is 20.7. The van der Waals surface area contributed by atoms with Gasteiger partial charge in [-0.25, -0.2) is 8.42 Å². The molecule has 2 aliphatic rings. The molecule has 176 valence electrons. The number of benzene rings is 1. The summed E-state index contributed by atoms with van der Waals surface area (Å²) in [5, 5.41) is 3.87. The van der Waals surface area contributed by atoms with Gasteiger partial charge in [-0.2, -0.15) is 0 Å². The SMILES string of the molecule is CCS(=O)(=O)CCCOc1ccc(N2Cc3cc(C4C=CC(Cl)=CN4)sc3C2=O)cc1OC. The van der Waals surface area contributed by atoms with Crippen LogP contribution in [0.3, 0.4) is 0 Å². The van der Waals surface area contributed by atoms with E-state index in [2.05, 4.69) is 11.4 Å². The third-order valence-electron chi connectivity index (χ3n) is 5.51. The number of sulfone groups is 1. The molecular formula is C23H25ClN2O5S2. The molecule has 1 N–H and O–H groups in total. The molecule has 10 heteroatoms. The molecule has 0 saturated heterocycles. The number of amides is 1. The molecule has 1 amide bonds. The van der Waals surface area contributed by atoms with Gasteiger partial charge in [0, 0.05) is 28.6 Å². The van der Waals surface area contributed by atoms with Crippen molar-refractivity contribution in [3.8, 4) is 11.5 Å². The van der Waals surface area contributed by atoms with Crippen molar-refractivity contribution in [1.29, 1.82) is 0 Å². The molecule has 2 aliphatic heterocycles. The van der Waals surface area contributed by atoms with Crippen LogP contribution in [-0.2, 0) is 16.4 Å². The third kappa shape index (κ3) is 5.20. The first-order chi connectivity index (χ1) is 15.8. The lowest BCUT2D eigenvalue weighted by molar-refractivity contribution is 0.1000. The number of allylic oxidation sites excluding steroid dienone is 2. The van der Waals surface area contributed by atoms with Crippen LogP contribution < -0.4 is 19.7 Å². The van der Waals surface area contributed by atoms with E-state index in [0.29, 0.717) is 35.2 Å². The minimum absolute atomic E-state index is 0.00758. The quantitative estimate of drug-likeness (QED) is 0.505. The van der Waals surface area contributed by atoms with E-state index in [-0.39, 0.29) is 30.1 Å². The Morgan fingerprint density at radius 2 is 2.09 bits per heavy atom. The lowest BCUT2D eigenvalue weighted by atomic mass is 10.1. The second-order valence-electron chi connectivity index (χ2n) is 7.70. The van der Waals surface area contributed by atoms with E-state index in [0.717, 1.165) is 15.3 Å². The zero-order chi connectivity index (χ0) is 23.6. The molecule has 2 aromatic rings. The predicted molar refractivity (Wildman–Crippen MR) is 131 cm³/mol. The number of thiophene rings is 1. The standard InChI is InChI=1S/C23H25ClN2O5S2/c1-3-33(28,29)10-4-9-31-19-8-6-17(12-20(19)30-2)26-14-15-11-21(32-22(15)23(26)27)18-7-5-16(24)13-25-18/h5-8,11-13,18,25H,3-4,9-10,14H2,1-2H3. The van der Waals surface area contributed by atoms with Crippen molar-refractivity contribution in [2.24, 2.45) is 0 Å². The number of nitrogens with one attached hydrogen (secondary N) is 1. The number of hydrogen-bond acceptors (Lipinski definition) is 7. The van der Waals surface area contributed by atoms with E-state index < -0.39 is 9.84 Å². The number of carbonyl (C=O) groups is 1. The second kappa shape index (κ2) is 9.79. The molecule has 0 bridgehead atoms. The van der Waals surface area contributed by atoms with Gasteiger partial charge < -0.3 is 19.7 Å². The number of fused-ring (bicyclic) bond motifs is 1. The summed E-state index contributed by atoms with van der Waals surface area (Å²) in [6.45, 7) is 2.38. The number of hydrogen-bond donors (Lipinski definition) is 1. The Hall–Kier alpha value is -2.49. The van der Waals surface area contributed by atoms with E-state index >= 15 is 0 Å². The van der Waals surface area contributed by atoms with Crippen LogP contribution in [0.1, 0.15) is 39.5 Å². The Morgan fingerprint density at radius 3 is 2.76 bits per heavy atom. The number of methoxy groups -OCH3 is 1. The Balaban J connectivity index is 1.43. The summed E-state index contributed by atoms with van der Waals surface area (Å²) in [5.41, 5.74) is 1.71. The normalized spacial score (nSPS) is 17.5. The van der Waals surface area contributed by atoms with Crippen LogP contribution in [0.4, 0.5) is 5.69 Å². The maximum absolute atomic E-state index is 13.1. The fraction of sp³-hybridized carbons (Fsp3) is 0.348. The van der Waals surface area contributed by atoms with Gasteiger partial charge >= 0.3 is 0 Å². The highest BCUT2D eigenvalue weighted by atomic mass is 35.5. The molecule has 7 nitrogen and oxygen atoms in total. The lowest BCUT2D eigenvalue weighted by Gasteiger charge is -2.19. The predicted octanol–water partition coefficient (Wildman–Crippen LogP) is 4.40. The van der Waals surface area contributed by atoms with Gasteiger partial charge in [0.25, 0.3) is 5.91 Å². The fourth-order valence-electron chi connectivity index (χ4n) is 3.66. The van der Waals surface area contributed by atoms with Crippen molar-refractivity contribution in [2.75, 3.05) is 30.1 Å². The molecule has 1 atom stereocenters. The minimum atomic E-state index is -3.02. The van der Waals surface area contributed by atoms with Crippen molar-refractivity contribution in [1.82, 2.24) is 5.32 Å². The van der Waals surface area contributed by atoms with Gasteiger partial charge in [-0.05, 0) is 36.3 Å². The molecule has 0 aliphatic carbocycles. The van der Waals surface area contributed by atoms with Crippen molar-refractivity contribution in [2.45, 2.75) is 25.9 Å². The average molecular weight is 509 g/mol. The monoisotopic (exact) mass is 508 g/mol. The molecule has 1 unspecified atom stereocenters. The Bertz CT molecular complexity index is 1220. The maximum atomic E-state index is 13.1. The number of rotatable bonds is 9. The van der Waals surface area contributed by atoms with Gasteiger partial charge in [-0.15, -0.1) is 11.3 Å². The smallest absolute Gasteiger partial charge is 0.269 e. The number of nitrogens with zero attached hydrogens (tertiary/aromatic N) is 1. The maximum Gasteiger partial charge on any atom is 0.269 e. The first-order valence-corrected chi connectivity index (χ1v) is 13.6. The summed E-state index contributed by atoms with van der Waals surface area (Å²) in [6, 6.07) is 7.40. The van der Waals surface area contributed by atoms with Gasteiger partial charge in [-0.3, -0.25) is 4.79 Å². The number of halogens is 1. The highest BCUT2D eigenvalue weighted by molar-refractivity contribution is 7.91. The fourth-order valence-corrected chi connectivity index (χ4v) is 5.81. The highest BCUT2D eigenvalue weighted by Crippen LogP contribution is 2.39. The van der Waals surface area contributed by atoms with E-state index in [1.54, 1.807) is 30.2 Å². The number of carbonyl (C=O) groups excluding carboxylic acids is 1. The van der Waals surface area contributed by atoms with Gasteiger partial charge in [0.2, 0.25) is 0 Å². The molecule has 1 aromatic carbocycles. The van der Waals surface area contributed by atoms with Crippen LogP contribution in [0.5, 0.6) is 11.5 Å². The van der Waals surface area contributed by atoms with Crippen LogP contribution in [0.2, 0.25) is 0 Å². The minimum Gasteiger partial charge on any atom is -0.493 e. The molecule has 3 heterocycles. The van der Waals surface area contributed by atoms with Gasteiger partial charge in [0.05, 0.1) is 42.0 Å². The first kappa shape index (κ1) is 23.7. The van der Waals surface area contributed by atoms with Crippen molar-refractivity contribution < 1.29 is 22.7 Å². The summed E-state index contributed by atoms with van der Waals surface area (Å²) in [6.07, 6.45) is 5.98. The molecule has 1 aromatic heterocycles. The summed E-state index contributed by atoms with van der Waals surface area (Å²) in [7, 11) is -1.48. The zero-order valence-electron chi connectivity index (χ0n) is 18.3. The highest BCUT2D eigenvalue weighted by Gasteiger charge is 2.32. The molecule has 33 heavy (non-hydrogen) atoms. The summed E-state index contributed by atoms with van der Waals surface area (Å²) >= 11 is 7.45. The largest absolute Gasteiger partial charge is 0.493 e. The lowest BCUT2D eigenvalue weighted by Crippen LogP contribution is -2.23. The van der Waals surface area contributed by atoms with Crippen molar-refractivity contribution >= 4 is 44.4 Å². The summed E-state index contributed by atoms with van der Waals surface area (Å²) in [4.78, 5) is 16.6. The third-order valence-corrected chi connectivity index (χ3v) is 8.78. The van der Waals surface area contributed by atoms with Crippen molar-refractivity contribution in [3.63, 3.8) is 0 Å². The van der Waals surface area contributed by atoms with E-state index in [1.807, 2.05) is 18.2 Å². The van der Waals surface area contributed by atoms with E-state index in [1.165, 1.54) is 18.4 Å². The molecule has 0 radical (unpaired) electrons. The van der Waals surface area contributed by atoms with Crippen LogP contribution in [-0.4, -0.2) is 39.5 Å². The molecule has 4 rings (SSSR count). The van der Waals surface area contributed by atoms with Gasteiger partial charge in [0.15, 0.2) is 11.5 Å². The van der Waals surface area contributed by atoms with Gasteiger partial charge in [0.1, 0.15) is 9.84 Å². The molecule has 0 spiro atoms. The van der Waals surface area contributed by atoms with Crippen LogP contribution >= 0.6 is 22.9 Å². The van der Waals surface area contributed by atoms with Crippen LogP contribution in [0.25, 0.3) is 0 Å². The average Bonchev–Trinajstić information content (AvgIpc) is 3.36. The molecule has 0 saturated carbocycles. The molecule has 0 fully saturated rings.